The van der Waals surface area contributed by atoms with Crippen LogP contribution in [0.4, 0.5) is 13.2 Å². The van der Waals surface area contributed by atoms with Gasteiger partial charge in [0, 0.05) is 32.0 Å². The number of piperidine rings is 1. The second-order valence-electron chi connectivity index (χ2n) is 9.09. The number of alkyl halides is 3. The Hall–Kier alpha value is -2.26. The number of hydrogen-bond donors (Lipinski definition) is 0. The molecule has 0 spiro atoms. The first kappa shape index (κ1) is 21.6. The van der Waals surface area contributed by atoms with Gasteiger partial charge >= 0.3 is 6.18 Å². The fourth-order valence-electron chi connectivity index (χ4n) is 5.11. The molecule has 1 aliphatic heterocycles. The van der Waals surface area contributed by atoms with Crippen LogP contribution < -0.4 is 0 Å². The Balaban J connectivity index is 1.12. The first-order chi connectivity index (χ1) is 15.3. The molecule has 0 bridgehead atoms. The molecular formula is C23H26F3N5S. The predicted molar refractivity (Wildman–Crippen MR) is 117 cm³/mol. The lowest BCUT2D eigenvalue weighted by Gasteiger charge is -2.21. The standard InChI is InChI=1S/C23H26F3N5S/c1-15-20(32-14-27-15)21-29-28-19(30(21)2)5-3-4-10-31-12-18-11-22(18,13-31)16-6-8-17(9-7-16)23(24,25)26/h6-9,14,18H,3-5,10-13H2,1-2H3/t18-,22+/m0/s1. The molecule has 0 radical (unpaired) electrons. The minimum Gasteiger partial charge on any atom is -0.313 e. The van der Waals surface area contributed by atoms with Gasteiger partial charge in [-0.05, 0) is 56.3 Å². The van der Waals surface area contributed by atoms with Crippen molar-refractivity contribution in [3.8, 4) is 10.7 Å². The van der Waals surface area contributed by atoms with Crippen molar-refractivity contribution in [2.24, 2.45) is 13.0 Å². The average molecular weight is 462 g/mol. The van der Waals surface area contributed by atoms with Crippen molar-refractivity contribution in [2.45, 2.75) is 44.2 Å². The third-order valence-corrected chi connectivity index (χ3v) is 7.97. The Bertz CT molecular complexity index is 1100. The summed E-state index contributed by atoms with van der Waals surface area (Å²) < 4.78 is 40.6. The molecule has 1 saturated carbocycles. The third-order valence-electron chi connectivity index (χ3n) is 7.04. The van der Waals surface area contributed by atoms with Gasteiger partial charge in [-0.2, -0.15) is 13.2 Å². The highest BCUT2D eigenvalue weighted by Gasteiger charge is 2.60. The number of likely N-dealkylation sites (tertiary alicyclic amines) is 1. The number of rotatable bonds is 7. The first-order valence-electron chi connectivity index (χ1n) is 11.0. The molecular weight excluding hydrogens is 435 g/mol. The lowest BCUT2D eigenvalue weighted by Crippen LogP contribution is -2.27. The van der Waals surface area contributed by atoms with Gasteiger partial charge in [-0.3, -0.25) is 0 Å². The summed E-state index contributed by atoms with van der Waals surface area (Å²) in [6.07, 6.45) is -0.209. The van der Waals surface area contributed by atoms with Gasteiger partial charge in [0.05, 0.1) is 21.6 Å². The molecule has 5 nitrogen and oxygen atoms in total. The number of thiazole rings is 1. The summed E-state index contributed by atoms with van der Waals surface area (Å²) in [5.74, 6) is 2.43. The van der Waals surface area contributed by atoms with E-state index in [4.69, 9.17) is 0 Å². The first-order valence-corrected chi connectivity index (χ1v) is 11.8. The van der Waals surface area contributed by atoms with E-state index in [2.05, 4.69) is 24.6 Å². The lowest BCUT2D eigenvalue weighted by molar-refractivity contribution is -0.137. The molecule has 2 atom stereocenters. The molecule has 0 amide bonds. The van der Waals surface area contributed by atoms with Gasteiger partial charge < -0.3 is 9.47 Å². The molecule has 32 heavy (non-hydrogen) atoms. The van der Waals surface area contributed by atoms with Crippen molar-refractivity contribution >= 4 is 11.3 Å². The van der Waals surface area contributed by atoms with Crippen LogP contribution in [-0.4, -0.2) is 44.3 Å². The molecule has 1 aliphatic carbocycles. The number of aromatic nitrogens is 4. The maximum atomic E-state index is 12.9. The highest BCUT2D eigenvalue weighted by atomic mass is 32.1. The Kier molecular flexibility index (Phi) is 5.36. The summed E-state index contributed by atoms with van der Waals surface area (Å²) in [5, 5.41) is 8.73. The monoisotopic (exact) mass is 461 g/mol. The van der Waals surface area contributed by atoms with Gasteiger partial charge in [0.25, 0.3) is 0 Å². The van der Waals surface area contributed by atoms with Crippen LogP contribution in [-0.2, 0) is 25.1 Å². The highest BCUT2D eigenvalue weighted by molar-refractivity contribution is 7.13. The van der Waals surface area contributed by atoms with Gasteiger partial charge in [-0.1, -0.05) is 12.1 Å². The van der Waals surface area contributed by atoms with Crippen LogP contribution in [0.25, 0.3) is 10.7 Å². The predicted octanol–water partition coefficient (Wildman–Crippen LogP) is 4.86. The van der Waals surface area contributed by atoms with E-state index in [1.807, 2.05) is 19.5 Å². The molecule has 1 saturated heterocycles. The summed E-state index contributed by atoms with van der Waals surface area (Å²) in [6.45, 7) is 4.98. The molecule has 2 fully saturated rings. The molecule has 3 heterocycles. The fourth-order valence-corrected chi connectivity index (χ4v) is 5.93. The molecule has 3 aromatic rings. The number of hydrogen-bond acceptors (Lipinski definition) is 5. The van der Waals surface area contributed by atoms with Crippen LogP contribution in [0.5, 0.6) is 0 Å². The van der Waals surface area contributed by atoms with E-state index in [9.17, 15) is 13.2 Å². The summed E-state index contributed by atoms with van der Waals surface area (Å²) in [6, 6.07) is 5.82. The second-order valence-corrected chi connectivity index (χ2v) is 9.95. The van der Waals surface area contributed by atoms with Crippen LogP contribution >= 0.6 is 11.3 Å². The van der Waals surface area contributed by atoms with E-state index in [1.54, 1.807) is 23.5 Å². The molecule has 2 aliphatic rings. The number of aryl methyl sites for hydroxylation is 2. The Labute approximate surface area is 189 Å². The van der Waals surface area contributed by atoms with E-state index >= 15 is 0 Å². The Morgan fingerprint density at radius 2 is 1.94 bits per heavy atom. The maximum absolute atomic E-state index is 12.9. The quantitative estimate of drug-likeness (QED) is 0.472. The number of fused-ring (bicyclic) bond motifs is 1. The zero-order valence-corrected chi connectivity index (χ0v) is 19.0. The highest BCUT2D eigenvalue weighted by Crippen LogP contribution is 2.59. The lowest BCUT2D eigenvalue weighted by atomic mass is 9.94. The van der Waals surface area contributed by atoms with E-state index in [0.29, 0.717) is 5.92 Å². The number of nitrogens with zero attached hydrogens (tertiary/aromatic N) is 5. The minimum absolute atomic E-state index is 0.0647. The van der Waals surface area contributed by atoms with Gasteiger partial charge in [-0.25, -0.2) is 4.98 Å². The molecule has 5 rings (SSSR count). The fraction of sp³-hybridized carbons (Fsp3) is 0.522. The number of halogens is 3. The van der Waals surface area contributed by atoms with E-state index < -0.39 is 11.7 Å². The van der Waals surface area contributed by atoms with E-state index in [-0.39, 0.29) is 5.41 Å². The maximum Gasteiger partial charge on any atom is 0.416 e. The largest absolute Gasteiger partial charge is 0.416 e. The van der Waals surface area contributed by atoms with Crippen molar-refractivity contribution in [3.05, 3.63) is 52.4 Å². The third kappa shape index (κ3) is 3.85. The SMILES string of the molecule is Cc1ncsc1-c1nnc(CCCCN2C[C@@H]3C[C@]3(c3ccc(C(F)(F)F)cc3)C2)n1C. The molecule has 2 aromatic heterocycles. The van der Waals surface area contributed by atoms with Gasteiger partial charge in [0.1, 0.15) is 5.82 Å². The summed E-state index contributed by atoms with van der Waals surface area (Å²) >= 11 is 1.58. The average Bonchev–Trinajstić information content (AvgIpc) is 3.05. The van der Waals surface area contributed by atoms with Crippen LogP contribution in [0.2, 0.25) is 0 Å². The van der Waals surface area contributed by atoms with Crippen molar-refractivity contribution in [2.75, 3.05) is 19.6 Å². The number of unbranched alkanes of at least 4 members (excludes halogenated alkanes) is 1. The molecule has 0 N–H and O–H groups in total. The summed E-state index contributed by atoms with van der Waals surface area (Å²) in [7, 11) is 2.01. The Morgan fingerprint density at radius 3 is 2.62 bits per heavy atom. The Morgan fingerprint density at radius 1 is 1.16 bits per heavy atom. The van der Waals surface area contributed by atoms with Crippen LogP contribution in [0.1, 0.15) is 41.9 Å². The zero-order chi connectivity index (χ0) is 22.5. The van der Waals surface area contributed by atoms with Gasteiger partial charge in [-0.15, -0.1) is 21.5 Å². The van der Waals surface area contributed by atoms with Crippen molar-refractivity contribution in [1.29, 1.82) is 0 Å². The smallest absolute Gasteiger partial charge is 0.313 e. The summed E-state index contributed by atoms with van der Waals surface area (Å²) in [4.78, 5) is 7.83. The second kappa shape index (κ2) is 7.95. The van der Waals surface area contributed by atoms with Gasteiger partial charge in [0.2, 0.25) is 0 Å². The molecule has 1 aromatic carbocycles. The van der Waals surface area contributed by atoms with E-state index in [1.165, 1.54) is 12.1 Å². The van der Waals surface area contributed by atoms with Crippen LogP contribution in [0, 0.1) is 12.8 Å². The molecule has 0 unspecified atom stereocenters. The van der Waals surface area contributed by atoms with E-state index in [0.717, 1.165) is 73.1 Å². The minimum atomic E-state index is -4.27. The van der Waals surface area contributed by atoms with Crippen LogP contribution in [0.15, 0.2) is 29.8 Å². The van der Waals surface area contributed by atoms with Crippen molar-refractivity contribution in [1.82, 2.24) is 24.6 Å². The normalized spacial score (nSPS) is 23.0. The van der Waals surface area contributed by atoms with Crippen molar-refractivity contribution < 1.29 is 13.2 Å². The zero-order valence-electron chi connectivity index (χ0n) is 18.2. The molecule has 170 valence electrons. The van der Waals surface area contributed by atoms with Gasteiger partial charge in [0.15, 0.2) is 5.82 Å². The summed E-state index contributed by atoms with van der Waals surface area (Å²) in [5.41, 5.74) is 3.36. The van der Waals surface area contributed by atoms with Crippen LogP contribution in [0.3, 0.4) is 0 Å². The van der Waals surface area contributed by atoms with Crippen molar-refractivity contribution in [3.63, 3.8) is 0 Å². The molecule has 9 heteroatoms. The number of benzene rings is 1. The topological polar surface area (TPSA) is 46.8 Å².